The maximum Gasteiger partial charge on any atom is 0.124 e. The van der Waals surface area contributed by atoms with Crippen LogP contribution in [-0.2, 0) is 0 Å². The molecule has 4 heteroatoms. The van der Waals surface area contributed by atoms with Gasteiger partial charge in [0.05, 0.1) is 0 Å². The third-order valence-corrected chi connectivity index (χ3v) is 5.60. The molecular formula is C14H19ClFNS. The topological polar surface area (TPSA) is 12.0 Å². The smallest absolute Gasteiger partial charge is 0.124 e. The Morgan fingerprint density at radius 2 is 2.22 bits per heavy atom. The molecule has 0 spiro atoms. The summed E-state index contributed by atoms with van der Waals surface area (Å²) in [6.07, 6.45) is 6.07. The first kappa shape index (κ1) is 14.2. The van der Waals surface area contributed by atoms with E-state index in [1.165, 1.54) is 31.4 Å². The van der Waals surface area contributed by atoms with Crippen molar-refractivity contribution in [3.05, 3.63) is 34.6 Å². The predicted molar refractivity (Wildman–Crippen MR) is 77.9 cm³/mol. The van der Waals surface area contributed by atoms with Gasteiger partial charge in [-0.15, -0.1) is 0 Å². The Balaban J connectivity index is 1.97. The second-order valence-electron chi connectivity index (χ2n) is 5.01. The van der Waals surface area contributed by atoms with E-state index in [0.717, 1.165) is 12.1 Å². The van der Waals surface area contributed by atoms with E-state index < -0.39 is 0 Å². The number of benzene rings is 1. The van der Waals surface area contributed by atoms with Crippen molar-refractivity contribution in [2.45, 2.75) is 37.0 Å². The second-order valence-corrected chi connectivity index (χ2v) is 6.69. The van der Waals surface area contributed by atoms with Gasteiger partial charge in [0.2, 0.25) is 0 Å². The van der Waals surface area contributed by atoms with Crippen LogP contribution in [0.4, 0.5) is 4.39 Å². The highest BCUT2D eigenvalue weighted by Crippen LogP contribution is 2.42. The average molecular weight is 288 g/mol. The lowest BCUT2D eigenvalue weighted by atomic mass is 9.84. The Hall–Kier alpha value is -0.250. The highest BCUT2D eigenvalue weighted by atomic mass is 35.5. The van der Waals surface area contributed by atoms with Crippen LogP contribution in [0, 0.1) is 5.82 Å². The van der Waals surface area contributed by atoms with Crippen molar-refractivity contribution in [2.24, 2.45) is 0 Å². The summed E-state index contributed by atoms with van der Waals surface area (Å²) in [4.78, 5) is 0. The summed E-state index contributed by atoms with van der Waals surface area (Å²) < 4.78 is 13.4. The molecule has 0 amide bonds. The summed E-state index contributed by atoms with van der Waals surface area (Å²) in [5.41, 5.74) is 0.966. The Bertz CT molecular complexity index is 415. The molecule has 1 unspecified atom stereocenters. The number of thioether (sulfide) groups is 1. The molecule has 1 N–H and O–H groups in total. The van der Waals surface area contributed by atoms with Gasteiger partial charge in [-0.3, -0.25) is 0 Å². The Kier molecular flexibility index (Phi) is 4.57. The second kappa shape index (κ2) is 5.81. The number of halogens is 2. The van der Waals surface area contributed by atoms with Crippen molar-refractivity contribution < 1.29 is 4.39 Å². The molecule has 100 valence electrons. The first-order valence-corrected chi connectivity index (χ1v) is 7.90. The molecule has 1 fully saturated rings. The molecule has 18 heavy (non-hydrogen) atoms. The van der Waals surface area contributed by atoms with Crippen molar-refractivity contribution in [3.8, 4) is 0 Å². The van der Waals surface area contributed by atoms with E-state index in [1.54, 1.807) is 6.07 Å². The molecule has 1 aromatic carbocycles. The lowest BCUT2D eigenvalue weighted by Gasteiger charge is -2.41. The van der Waals surface area contributed by atoms with Gasteiger partial charge in [0.1, 0.15) is 5.82 Å². The zero-order valence-electron chi connectivity index (χ0n) is 10.8. The van der Waals surface area contributed by atoms with Crippen LogP contribution >= 0.6 is 23.4 Å². The van der Waals surface area contributed by atoms with Crippen LogP contribution in [0.15, 0.2) is 18.2 Å². The van der Waals surface area contributed by atoms with Gasteiger partial charge >= 0.3 is 0 Å². The summed E-state index contributed by atoms with van der Waals surface area (Å²) in [5, 5.41) is 4.03. The molecule has 1 aliphatic carbocycles. The van der Waals surface area contributed by atoms with E-state index in [0.29, 0.717) is 9.77 Å². The summed E-state index contributed by atoms with van der Waals surface area (Å²) in [7, 11) is 0. The zero-order chi connectivity index (χ0) is 13.2. The molecule has 0 aliphatic heterocycles. The molecule has 0 bridgehead atoms. The lowest BCUT2D eigenvalue weighted by Crippen LogP contribution is -2.44. The molecule has 1 nitrogen and oxygen atoms in total. The quantitative estimate of drug-likeness (QED) is 0.860. The third-order valence-electron chi connectivity index (χ3n) is 3.86. The lowest BCUT2D eigenvalue weighted by molar-refractivity contribution is 0.334. The highest BCUT2D eigenvalue weighted by Gasteiger charge is 2.36. The molecular weight excluding hydrogens is 269 g/mol. The number of rotatable bonds is 5. The van der Waals surface area contributed by atoms with Crippen molar-refractivity contribution in [3.63, 3.8) is 0 Å². The van der Waals surface area contributed by atoms with Gasteiger partial charge in [-0.25, -0.2) is 4.39 Å². The van der Waals surface area contributed by atoms with Gasteiger partial charge < -0.3 is 5.32 Å². The Morgan fingerprint density at radius 1 is 1.50 bits per heavy atom. The van der Waals surface area contributed by atoms with E-state index in [2.05, 4.69) is 18.5 Å². The summed E-state index contributed by atoms with van der Waals surface area (Å²) in [6.45, 7) is 3.06. The van der Waals surface area contributed by atoms with Gasteiger partial charge in [0.15, 0.2) is 0 Å². The first-order valence-electron chi connectivity index (χ1n) is 6.30. The predicted octanol–water partition coefficient (Wildman–Crippen LogP) is 4.42. The largest absolute Gasteiger partial charge is 0.309 e. The fourth-order valence-electron chi connectivity index (χ4n) is 2.33. The van der Waals surface area contributed by atoms with Crippen molar-refractivity contribution >= 4 is 23.4 Å². The number of hydrogen-bond donors (Lipinski definition) is 1. The highest BCUT2D eigenvalue weighted by molar-refractivity contribution is 8.00. The van der Waals surface area contributed by atoms with E-state index in [-0.39, 0.29) is 11.9 Å². The van der Waals surface area contributed by atoms with Gasteiger partial charge in [-0.1, -0.05) is 24.1 Å². The molecule has 2 rings (SSSR count). The van der Waals surface area contributed by atoms with Crippen molar-refractivity contribution in [2.75, 3.05) is 12.8 Å². The molecule has 0 aromatic heterocycles. The fraction of sp³-hybridized carbons (Fsp3) is 0.571. The molecule has 0 radical (unpaired) electrons. The van der Waals surface area contributed by atoms with E-state index in [9.17, 15) is 4.39 Å². The van der Waals surface area contributed by atoms with Crippen molar-refractivity contribution in [1.29, 1.82) is 0 Å². The molecule has 1 saturated carbocycles. The minimum absolute atomic E-state index is 0.155. The summed E-state index contributed by atoms with van der Waals surface area (Å²) in [5.74, 6) is -0.282. The van der Waals surface area contributed by atoms with Gasteiger partial charge in [0, 0.05) is 22.4 Å². The zero-order valence-corrected chi connectivity index (χ0v) is 12.4. The van der Waals surface area contributed by atoms with Crippen LogP contribution in [0.5, 0.6) is 0 Å². The van der Waals surface area contributed by atoms with Crippen molar-refractivity contribution in [1.82, 2.24) is 5.32 Å². The monoisotopic (exact) mass is 287 g/mol. The van der Waals surface area contributed by atoms with Crippen LogP contribution in [-0.4, -0.2) is 17.5 Å². The normalized spacial score (nSPS) is 19.3. The van der Waals surface area contributed by atoms with Crippen LogP contribution in [0.1, 0.15) is 37.8 Å². The van der Waals surface area contributed by atoms with E-state index >= 15 is 0 Å². The number of hydrogen-bond acceptors (Lipinski definition) is 2. The summed E-state index contributed by atoms with van der Waals surface area (Å²) >= 11 is 8.02. The Morgan fingerprint density at radius 3 is 2.72 bits per heavy atom. The summed E-state index contributed by atoms with van der Waals surface area (Å²) in [6, 6.07) is 4.76. The Labute approximate surface area is 117 Å². The minimum Gasteiger partial charge on any atom is -0.309 e. The van der Waals surface area contributed by atoms with Crippen LogP contribution in [0.2, 0.25) is 5.02 Å². The molecule has 1 aromatic rings. The minimum atomic E-state index is -0.282. The van der Waals surface area contributed by atoms with Gasteiger partial charge in [-0.2, -0.15) is 11.8 Å². The standard InChI is InChI=1S/C14H19ClFNS/c1-10(12-5-4-11(16)8-13(12)15)17-9-14(18-2)6-3-7-14/h4-5,8,10,17H,3,6-7,9H2,1-2H3. The van der Waals surface area contributed by atoms with E-state index in [1.807, 2.05) is 11.8 Å². The first-order chi connectivity index (χ1) is 8.56. The SMILES string of the molecule is CSC1(CNC(C)c2ccc(F)cc2Cl)CCC1. The molecule has 1 aliphatic rings. The van der Waals surface area contributed by atoms with Crippen LogP contribution in [0.3, 0.4) is 0 Å². The maximum absolute atomic E-state index is 13.0. The maximum atomic E-state index is 13.0. The average Bonchev–Trinajstić information content (AvgIpc) is 2.27. The van der Waals surface area contributed by atoms with Crippen LogP contribution in [0.25, 0.3) is 0 Å². The molecule has 1 atom stereocenters. The van der Waals surface area contributed by atoms with Crippen LogP contribution < -0.4 is 5.32 Å². The molecule has 0 heterocycles. The van der Waals surface area contributed by atoms with Gasteiger partial charge in [-0.05, 0) is 43.7 Å². The third kappa shape index (κ3) is 3.01. The van der Waals surface area contributed by atoms with Gasteiger partial charge in [0.25, 0.3) is 0 Å². The fourth-order valence-corrected chi connectivity index (χ4v) is 3.58. The number of nitrogens with one attached hydrogen (secondary N) is 1. The van der Waals surface area contributed by atoms with E-state index in [4.69, 9.17) is 11.6 Å². The molecule has 0 saturated heterocycles.